The maximum atomic E-state index is 8.82. The van der Waals surface area contributed by atoms with Crippen molar-refractivity contribution in [3.63, 3.8) is 0 Å². The molecule has 1 N–H and O–H groups in total. The molecule has 2 aromatic carbocycles. The lowest BCUT2D eigenvalue weighted by Gasteiger charge is -2.07. The smallest absolute Gasteiger partial charge is 0.0992 e. The molecule has 0 fully saturated rings. The second-order valence-corrected chi connectivity index (χ2v) is 3.87. The van der Waals surface area contributed by atoms with Crippen molar-refractivity contribution < 1.29 is 0 Å². The fraction of sp³-hybridized carbons (Fsp3) is 0.133. The largest absolute Gasteiger partial charge is 0.355 e. The van der Waals surface area contributed by atoms with Crippen LogP contribution in [0.3, 0.4) is 0 Å². The summed E-state index contributed by atoms with van der Waals surface area (Å²) in [4.78, 5) is 0. The van der Waals surface area contributed by atoms with E-state index in [1.165, 1.54) is 5.56 Å². The minimum atomic E-state index is 0.667. The van der Waals surface area contributed by atoms with E-state index < -0.39 is 0 Å². The Morgan fingerprint density at radius 1 is 1.06 bits per heavy atom. The van der Waals surface area contributed by atoms with Gasteiger partial charge in [-0.05, 0) is 42.3 Å². The first-order valence-electron chi connectivity index (χ1n) is 5.68. The normalized spacial score (nSPS) is 9.65. The van der Waals surface area contributed by atoms with E-state index in [1.807, 2.05) is 18.2 Å². The number of nitrogens with one attached hydrogen (secondary N) is 1. The Labute approximate surface area is 102 Å². The highest BCUT2D eigenvalue weighted by Gasteiger charge is 1.96. The second-order valence-electron chi connectivity index (χ2n) is 3.87. The molecule has 0 heterocycles. The monoisotopic (exact) mass is 222 g/mol. The molecule has 0 atom stereocenters. The van der Waals surface area contributed by atoms with Gasteiger partial charge in [0.2, 0.25) is 0 Å². The van der Waals surface area contributed by atoms with Crippen LogP contribution in [0.4, 0.5) is 11.4 Å². The van der Waals surface area contributed by atoms with Gasteiger partial charge in [-0.3, -0.25) is 0 Å². The van der Waals surface area contributed by atoms with Crippen molar-refractivity contribution in [2.24, 2.45) is 0 Å². The van der Waals surface area contributed by atoms with Crippen LogP contribution in [0.15, 0.2) is 48.5 Å². The Morgan fingerprint density at radius 3 is 2.47 bits per heavy atom. The van der Waals surface area contributed by atoms with E-state index >= 15 is 0 Å². The highest BCUT2D eigenvalue weighted by molar-refractivity contribution is 5.61. The van der Waals surface area contributed by atoms with Crippen LogP contribution in [0.25, 0.3) is 0 Å². The molecule has 0 unspecified atom stereocenters. The van der Waals surface area contributed by atoms with E-state index in [1.54, 1.807) is 6.07 Å². The predicted molar refractivity (Wildman–Crippen MR) is 70.3 cm³/mol. The average Bonchev–Trinajstić information content (AvgIpc) is 2.40. The molecular formula is C15H14N2. The van der Waals surface area contributed by atoms with Gasteiger partial charge in [0.25, 0.3) is 0 Å². The van der Waals surface area contributed by atoms with Gasteiger partial charge in [-0.1, -0.05) is 25.1 Å². The Kier molecular flexibility index (Phi) is 3.42. The molecule has 2 aromatic rings. The van der Waals surface area contributed by atoms with Crippen LogP contribution >= 0.6 is 0 Å². The van der Waals surface area contributed by atoms with Crippen LogP contribution in [0, 0.1) is 11.3 Å². The van der Waals surface area contributed by atoms with Gasteiger partial charge < -0.3 is 5.32 Å². The number of hydrogen-bond donors (Lipinski definition) is 1. The summed E-state index contributed by atoms with van der Waals surface area (Å²) in [7, 11) is 0. The van der Waals surface area contributed by atoms with E-state index in [0.717, 1.165) is 17.8 Å². The van der Waals surface area contributed by atoms with Gasteiger partial charge in [0.15, 0.2) is 0 Å². The Bertz CT molecular complexity index is 536. The minimum absolute atomic E-state index is 0.667. The second kappa shape index (κ2) is 5.18. The van der Waals surface area contributed by atoms with Crippen LogP contribution in [0.1, 0.15) is 18.1 Å². The van der Waals surface area contributed by atoms with Crippen LogP contribution in [-0.4, -0.2) is 0 Å². The summed E-state index contributed by atoms with van der Waals surface area (Å²) in [5, 5.41) is 12.1. The molecule has 0 aliphatic rings. The van der Waals surface area contributed by atoms with Crippen molar-refractivity contribution in [1.29, 1.82) is 5.26 Å². The molecule has 0 radical (unpaired) electrons. The first-order chi connectivity index (χ1) is 8.31. The van der Waals surface area contributed by atoms with Gasteiger partial charge in [0.1, 0.15) is 0 Å². The predicted octanol–water partition coefficient (Wildman–Crippen LogP) is 3.86. The summed E-state index contributed by atoms with van der Waals surface area (Å²) in [6, 6.07) is 17.9. The van der Waals surface area contributed by atoms with Gasteiger partial charge >= 0.3 is 0 Å². The van der Waals surface area contributed by atoms with Crippen molar-refractivity contribution in [1.82, 2.24) is 0 Å². The number of rotatable bonds is 3. The van der Waals surface area contributed by atoms with E-state index in [9.17, 15) is 0 Å². The van der Waals surface area contributed by atoms with E-state index in [4.69, 9.17) is 5.26 Å². The number of nitrogens with zero attached hydrogens (tertiary/aromatic N) is 1. The van der Waals surface area contributed by atoms with Crippen LogP contribution < -0.4 is 5.32 Å². The van der Waals surface area contributed by atoms with E-state index in [-0.39, 0.29) is 0 Å². The lowest BCUT2D eigenvalue weighted by molar-refractivity contribution is 1.14. The average molecular weight is 222 g/mol. The molecule has 0 aliphatic heterocycles. The molecule has 0 spiro atoms. The molecule has 0 saturated heterocycles. The maximum absolute atomic E-state index is 8.82. The summed E-state index contributed by atoms with van der Waals surface area (Å²) in [5.74, 6) is 0. The highest BCUT2D eigenvalue weighted by Crippen LogP contribution is 2.18. The van der Waals surface area contributed by atoms with Gasteiger partial charge in [0.05, 0.1) is 11.6 Å². The van der Waals surface area contributed by atoms with Crippen molar-refractivity contribution in [3.05, 3.63) is 59.7 Å². The van der Waals surface area contributed by atoms with Crippen molar-refractivity contribution >= 4 is 11.4 Å². The number of aryl methyl sites for hydroxylation is 1. The minimum Gasteiger partial charge on any atom is -0.355 e. The number of hydrogen-bond acceptors (Lipinski definition) is 2. The van der Waals surface area contributed by atoms with Crippen molar-refractivity contribution in [2.45, 2.75) is 13.3 Å². The third-order valence-electron chi connectivity index (χ3n) is 2.64. The highest BCUT2D eigenvalue weighted by atomic mass is 14.9. The van der Waals surface area contributed by atoms with Gasteiger partial charge in [-0.15, -0.1) is 0 Å². The summed E-state index contributed by atoms with van der Waals surface area (Å²) in [6.07, 6.45) is 1.05. The summed E-state index contributed by atoms with van der Waals surface area (Å²) < 4.78 is 0. The van der Waals surface area contributed by atoms with Gasteiger partial charge in [0, 0.05) is 11.4 Å². The Balaban J connectivity index is 2.16. The molecule has 0 saturated carbocycles. The molecule has 0 aromatic heterocycles. The van der Waals surface area contributed by atoms with Crippen LogP contribution in [0.5, 0.6) is 0 Å². The molecule has 2 heteroatoms. The molecule has 2 rings (SSSR count). The fourth-order valence-corrected chi connectivity index (χ4v) is 1.66. The van der Waals surface area contributed by atoms with Crippen molar-refractivity contribution in [2.75, 3.05) is 5.32 Å². The fourth-order valence-electron chi connectivity index (χ4n) is 1.66. The topological polar surface area (TPSA) is 35.8 Å². The molecular weight excluding hydrogens is 208 g/mol. The standard InChI is InChI=1S/C15H14N2/c1-2-12-6-8-14(9-7-12)17-15-5-3-4-13(10-15)11-16/h3-10,17H,2H2,1H3. The maximum Gasteiger partial charge on any atom is 0.0992 e. The van der Waals surface area contributed by atoms with Crippen LogP contribution in [-0.2, 0) is 6.42 Å². The molecule has 17 heavy (non-hydrogen) atoms. The molecule has 0 amide bonds. The quantitative estimate of drug-likeness (QED) is 0.855. The summed E-state index contributed by atoms with van der Waals surface area (Å²) >= 11 is 0. The van der Waals surface area contributed by atoms with Gasteiger partial charge in [-0.2, -0.15) is 5.26 Å². The SMILES string of the molecule is CCc1ccc(Nc2cccc(C#N)c2)cc1. The Hall–Kier alpha value is -2.27. The third kappa shape index (κ3) is 2.85. The first kappa shape index (κ1) is 11.2. The zero-order valence-electron chi connectivity index (χ0n) is 9.77. The number of nitriles is 1. The molecule has 0 bridgehead atoms. The summed E-state index contributed by atoms with van der Waals surface area (Å²) in [6.45, 7) is 2.14. The lowest BCUT2D eigenvalue weighted by Crippen LogP contribution is -1.91. The number of benzene rings is 2. The molecule has 84 valence electrons. The van der Waals surface area contributed by atoms with Gasteiger partial charge in [-0.25, -0.2) is 0 Å². The zero-order valence-corrected chi connectivity index (χ0v) is 9.77. The molecule has 0 aliphatic carbocycles. The first-order valence-corrected chi connectivity index (χ1v) is 5.68. The number of anilines is 2. The lowest BCUT2D eigenvalue weighted by atomic mass is 10.1. The van der Waals surface area contributed by atoms with E-state index in [0.29, 0.717) is 5.56 Å². The molecule has 2 nitrogen and oxygen atoms in total. The zero-order chi connectivity index (χ0) is 12.1. The van der Waals surface area contributed by atoms with Crippen LogP contribution in [0.2, 0.25) is 0 Å². The van der Waals surface area contributed by atoms with E-state index in [2.05, 4.69) is 42.6 Å². The Morgan fingerprint density at radius 2 is 1.82 bits per heavy atom. The summed E-state index contributed by atoms with van der Waals surface area (Å²) in [5.41, 5.74) is 3.96. The third-order valence-corrected chi connectivity index (χ3v) is 2.64. The van der Waals surface area contributed by atoms with Crippen molar-refractivity contribution in [3.8, 4) is 6.07 Å².